The zero-order chi connectivity index (χ0) is 13.8. The highest BCUT2D eigenvalue weighted by atomic mass is 19.1. The molecule has 1 aliphatic heterocycles. The second kappa shape index (κ2) is 6.20. The van der Waals surface area contributed by atoms with Gasteiger partial charge in [0.05, 0.1) is 0 Å². The van der Waals surface area contributed by atoms with Gasteiger partial charge in [-0.2, -0.15) is 0 Å². The lowest BCUT2D eigenvalue weighted by Crippen LogP contribution is -2.31. The highest BCUT2D eigenvalue weighted by molar-refractivity contribution is 5.56. The predicted molar refractivity (Wildman–Crippen MR) is 79.1 cm³/mol. The number of rotatable bonds is 4. The monoisotopic (exact) mass is 262 g/mol. The molecule has 104 valence electrons. The van der Waals surface area contributed by atoms with Gasteiger partial charge < -0.3 is 10.2 Å². The lowest BCUT2D eigenvalue weighted by molar-refractivity contribution is 0.580. The number of hydrogen-bond acceptors (Lipinski definition) is 2. The molecule has 1 N–H and O–H groups in total. The molecule has 1 aromatic carbocycles. The summed E-state index contributed by atoms with van der Waals surface area (Å²) in [6, 6.07) is 5.31. The van der Waals surface area contributed by atoms with Crippen LogP contribution in [0.15, 0.2) is 29.8 Å². The van der Waals surface area contributed by atoms with Crippen LogP contribution in [0.1, 0.15) is 38.8 Å². The maximum Gasteiger partial charge on any atom is 0.123 e. The van der Waals surface area contributed by atoms with Gasteiger partial charge in [-0.1, -0.05) is 18.6 Å². The van der Waals surface area contributed by atoms with Crippen LogP contribution in [0.2, 0.25) is 0 Å². The minimum Gasteiger partial charge on any atom is -0.367 e. The number of halogens is 1. The molecular formula is C16H23FN2. The van der Waals surface area contributed by atoms with E-state index in [0.717, 1.165) is 37.3 Å². The normalized spacial score (nSPS) is 17.3. The van der Waals surface area contributed by atoms with Crippen LogP contribution in [0, 0.1) is 5.82 Å². The molecule has 0 bridgehead atoms. The van der Waals surface area contributed by atoms with Crippen molar-refractivity contribution in [3.8, 4) is 0 Å². The molecule has 1 aromatic rings. The zero-order valence-corrected chi connectivity index (χ0v) is 12.0. The van der Waals surface area contributed by atoms with Gasteiger partial charge in [0.25, 0.3) is 0 Å². The number of nitrogens with one attached hydrogen (secondary N) is 1. The van der Waals surface area contributed by atoms with E-state index >= 15 is 0 Å². The molecule has 0 aliphatic carbocycles. The lowest BCUT2D eigenvalue weighted by Gasteiger charge is -2.31. The lowest BCUT2D eigenvalue weighted by atomic mass is 10.0. The van der Waals surface area contributed by atoms with Crippen molar-refractivity contribution in [2.75, 3.05) is 24.5 Å². The Labute approximate surface area is 115 Å². The van der Waals surface area contributed by atoms with Crippen molar-refractivity contribution in [2.24, 2.45) is 0 Å². The molecule has 1 aliphatic rings. The molecular weight excluding hydrogens is 239 g/mol. The summed E-state index contributed by atoms with van der Waals surface area (Å²) in [5.41, 5.74) is 3.59. The van der Waals surface area contributed by atoms with Gasteiger partial charge in [0.15, 0.2) is 0 Å². The molecule has 2 nitrogen and oxygen atoms in total. The van der Waals surface area contributed by atoms with Crippen molar-refractivity contribution >= 4 is 5.69 Å². The van der Waals surface area contributed by atoms with Gasteiger partial charge >= 0.3 is 0 Å². The van der Waals surface area contributed by atoms with Gasteiger partial charge in [-0.05, 0) is 50.6 Å². The Balaban J connectivity index is 2.31. The minimum atomic E-state index is -0.159. The molecule has 0 saturated carbocycles. The summed E-state index contributed by atoms with van der Waals surface area (Å²) in [4.78, 5) is 2.35. The van der Waals surface area contributed by atoms with Crippen molar-refractivity contribution in [3.63, 3.8) is 0 Å². The Bertz CT molecular complexity index is 468. The molecule has 0 saturated heterocycles. The molecule has 0 radical (unpaired) electrons. The zero-order valence-electron chi connectivity index (χ0n) is 12.0. The van der Waals surface area contributed by atoms with Gasteiger partial charge in [0.1, 0.15) is 5.82 Å². The van der Waals surface area contributed by atoms with Gasteiger partial charge in [0, 0.05) is 24.8 Å². The van der Waals surface area contributed by atoms with Crippen LogP contribution in [0.5, 0.6) is 0 Å². The maximum atomic E-state index is 13.5. The van der Waals surface area contributed by atoms with Gasteiger partial charge in [0.2, 0.25) is 0 Å². The molecule has 2 rings (SSSR count). The van der Waals surface area contributed by atoms with Crippen LogP contribution >= 0.6 is 0 Å². The van der Waals surface area contributed by atoms with Crippen LogP contribution in [0.25, 0.3) is 0 Å². The van der Waals surface area contributed by atoms with Crippen LogP contribution in [-0.4, -0.2) is 19.6 Å². The fourth-order valence-electron chi connectivity index (χ4n) is 2.69. The first-order valence-corrected chi connectivity index (χ1v) is 7.05. The topological polar surface area (TPSA) is 15.3 Å². The maximum absolute atomic E-state index is 13.5. The summed E-state index contributed by atoms with van der Waals surface area (Å²) in [5.74, 6) is -0.159. The summed E-state index contributed by atoms with van der Waals surface area (Å²) in [6.07, 6.45) is 3.35. The van der Waals surface area contributed by atoms with Crippen LogP contribution in [-0.2, 0) is 0 Å². The Morgan fingerprint density at radius 1 is 1.42 bits per heavy atom. The van der Waals surface area contributed by atoms with E-state index in [9.17, 15) is 4.39 Å². The summed E-state index contributed by atoms with van der Waals surface area (Å²) >= 11 is 0. The standard InChI is InChI=1S/C16H23FN2/c1-4-18-13(3)15-10-14(17)7-8-16(15)19-9-5-6-12(2)11-19/h6-8,10,13,18H,4-5,9,11H2,1-3H3. The quantitative estimate of drug-likeness (QED) is 0.833. The van der Waals surface area contributed by atoms with Crippen molar-refractivity contribution < 1.29 is 4.39 Å². The Kier molecular flexibility index (Phi) is 4.59. The van der Waals surface area contributed by atoms with Crippen LogP contribution < -0.4 is 10.2 Å². The van der Waals surface area contributed by atoms with E-state index in [1.165, 1.54) is 5.57 Å². The van der Waals surface area contributed by atoms with E-state index in [1.54, 1.807) is 12.1 Å². The molecule has 1 heterocycles. The first-order chi connectivity index (χ1) is 9.11. The molecule has 0 aromatic heterocycles. The van der Waals surface area contributed by atoms with E-state index in [4.69, 9.17) is 0 Å². The largest absolute Gasteiger partial charge is 0.367 e. The van der Waals surface area contributed by atoms with Crippen molar-refractivity contribution in [3.05, 3.63) is 41.2 Å². The van der Waals surface area contributed by atoms with Gasteiger partial charge in [-0.3, -0.25) is 0 Å². The molecule has 1 atom stereocenters. The van der Waals surface area contributed by atoms with Crippen molar-refractivity contribution in [1.29, 1.82) is 0 Å². The molecule has 0 fully saturated rings. The van der Waals surface area contributed by atoms with E-state index in [2.05, 4.69) is 37.1 Å². The average Bonchev–Trinajstić information content (AvgIpc) is 2.39. The molecule has 1 unspecified atom stereocenters. The van der Waals surface area contributed by atoms with Crippen LogP contribution in [0.3, 0.4) is 0 Å². The predicted octanol–water partition coefficient (Wildman–Crippen LogP) is 3.65. The number of hydrogen-bond donors (Lipinski definition) is 1. The smallest absolute Gasteiger partial charge is 0.123 e. The van der Waals surface area contributed by atoms with Gasteiger partial charge in [-0.25, -0.2) is 4.39 Å². The van der Waals surface area contributed by atoms with Crippen molar-refractivity contribution in [2.45, 2.75) is 33.2 Å². The second-order valence-corrected chi connectivity index (χ2v) is 5.24. The van der Waals surface area contributed by atoms with Crippen LogP contribution in [0.4, 0.5) is 10.1 Å². The van der Waals surface area contributed by atoms with Gasteiger partial charge in [-0.15, -0.1) is 0 Å². The molecule has 19 heavy (non-hydrogen) atoms. The number of benzene rings is 1. The Hall–Kier alpha value is -1.35. The highest BCUT2D eigenvalue weighted by Gasteiger charge is 2.18. The molecule has 3 heteroatoms. The number of anilines is 1. The second-order valence-electron chi connectivity index (χ2n) is 5.24. The molecule has 0 spiro atoms. The van der Waals surface area contributed by atoms with E-state index in [0.29, 0.717) is 0 Å². The first kappa shape index (κ1) is 14.1. The third-order valence-corrected chi connectivity index (χ3v) is 3.64. The SMILES string of the molecule is CCNC(C)c1cc(F)ccc1N1CCC=C(C)C1. The minimum absolute atomic E-state index is 0.159. The highest BCUT2D eigenvalue weighted by Crippen LogP contribution is 2.29. The third-order valence-electron chi connectivity index (χ3n) is 3.64. The molecule has 0 amide bonds. The van der Waals surface area contributed by atoms with E-state index in [1.807, 2.05) is 6.07 Å². The first-order valence-electron chi connectivity index (χ1n) is 7.05. The third kappa shape index (κ3) is 3.35. The summed E-state index contributed by atoms with van der Waals surface area (Å²) in [7, 11) is 0. The Morgan fingerprint density at radius 3 is 2.89 bits per heavy atom. The fraction of sp³-hybridized carbons (Fsp3) is 0.500. The summed E-state index contributed by atoms with van der Waals surface area (Å²) in [6.45, 7) is 9.16. The number of nitrogens with zero attached hydrogens (tertiary/aromatic N) is 1. The summed E-state index contributed by atoms with van der Waals surface area (Å²) < 4.78 is 13.5. The summed E-state index contributed by atoms with van der Waals surface area (Å²) in [5, 5.41) is 3.37. The fourth-order valence-corrected chi connectivity index (χ4v) is 2.69. The average molecular weight is 262 g/mol. The Morgan fingerprint density at radius 2 is 2.21 bits per heavy atom. The van der Waals surface area contributed by atoms with E-state index in [-0.39, 0.29) is 11.9 Å². The van der Waals surface area contributed by atoms with Crippen molar-refractivity contribution in [1.82, 2.24) is 5.32 Å². The van der Waals surface area contributed by atoms with E-state index < -0.39 is 0 Å².